The molecular weight excluding hydrogens is 456 g/mol. The standard InChI is InChI=1S/C26H31F2N3O2S/c1-2-17-7-4-3-5-10-23(17)33-14-13-24-31(26(32)18-8-6-9-20(29)15-18)30-25(34-24)21-16-19(27)11-12-22(21)28/h3-5,10-12,16,18,20,24H,2,6-9,13-15,29H2,1H3/t18-,20+,24?/m1/s1. The zero-order chi connectivity index (χ0) is 24.1. The molecule has 34 heavy (non-hydrogen) atoms. The van der Waals surface area contributed by atoms with Crippen LogP contribution in [0.4, 0.5) is 8.78 Å². The van der Waals surface area contributed by atoms with Crippen molar-refractivity contribution in [3.63, 3.8) is 0 Å². The number of amides is 1. The highest BCUT2D eigenvalue weighted by molar-refractivity contribution is 8.15. The number of carbonyl (C=O) groups is 1. The van der Waals surface area contributed by atoms with E-state index in [1.165, 1.54) is 22.3 Å². The Hall–Kier alpha value is -2.45. The van der Waals surface area contributed by atoms with Crippen molar-refractivity contribution in [1.82, 2.24) is 5.01 Å². The molecule has 1 fully saturated rings. The molecule has 2 aliphatic carbocycles. The van der Waals surface area contributed by atoms with E-state index in [9.17, 15) is 13.6 Å². The van der Waals surface area contributed by atoms with Gasteiger partial charge in [0.15, 0.2) is 0 Å². The summed E-state index contributed by atoms with van der Waals surface area (Å²) in [6.07, 6.45) is 13.4. The summed E-state index contributed by atoms with van der Waals surface area (Å²) in [5.41, 5.74) is 7.40. The van der Waals surface area contributed by atoms with E-state index >= 15 is 0 Å². The fraction of sp³-hybridized carbons (Fsp3) is 0.462. The lowest BCUT2D eigenvalue weighted by Gasteiger charge is -2.30. The molecular formula is C26H31F2N3O2S. The highest BCUT2D eigenvalue weighted by atomic mass is 32.2. The Morgan fingerprint density at radius 2 is 2.15 bits per heavy atom. The van der Waals surface area contributed by atoms with Crippen molar-refractivity contribution in [2.75, 3.05) is 6.61 Å². The third kappa shape index (κ3) is 5.78. The van der Waals surface area contributed by atoms with Gasteiger partial charge in [0.1, 0.15) is 27.8 Å². The van der Waals surface area contributed by atoms with Crippen LogP contribution in [-0.4, -0.2) is 34.0 Å². The van der Waals surface area contributed by atoms with Gasteiger partial charge in [-0.2, -0.15) is 5.10 Å². The summed E-state index contributed by atoms with van der Waals surface area (Å²) in [6, 6.07) is 3.28. The molecule has 1 saturated carbocycles. The summed E-state index contributed by atoms with van der Waals surface area (Å²) in [4.78, 5) is 13.4. The van der Waals surface area contributed by atoms with Crippen LogP contribution >= 0.6 is 11.8 Å². The topological polar surface area (TPSA) is 67.9 Å². The molecule has 1 amide bonds. The zero-order valence-corrected chi connectivity index (χ0v) is 20.2. The fourth-order valence-corrected chi connectivity index (χ4v) is 5.68. The number of thioether (sulfide) groups is 1. The minimum Gasteiger partial charge on any atom is -0.494 e. The smallest absolute Gasteiger partial charge is 0.246 e. The monoisotopic (exact) mass is 487 g/mol. The van der Waals surface area contributed by atoms with Gasteiger partial charge in [0.25, 0.3) is 0 Å². The molecule has 0 aromatic heterocycles. The number of allylic oxidation sites excluding steroid dienone is 5. The van der Waals surface area contributed by atoms with Crippen molar-refractivity contribution in [3.8, 4) is 0 Å². The lowest BCUT2D eigenvalue weighted by molar-refractivity contribution is -0.137. The van der Waals surface area contributed by atoms with Gasteiger partial charge in [-0.1, -0.05) is 43.3 Å². The molecule has 1 aliphatic heterocycles. The van der Waals surface area contributed by atoms with E-state index in [1.807, 2.05) is 18.2 Å². The largest absolute Gasteiger partial charge is 0.494 e. The highest BCUT2D eigenvalue weighted by Gasteiger charge is 2.38. The Morgan fingerprint density at radius 3 is 2.94 bits per heavy atom. The number of halogens is 2. The summed E-state index contributed by atoms with van der Waals surface area (Å²) in [7, 11) is 0. The van der Waals surface area contributed by atoms with Crippen molar-refractivity contribution < 1.29 is 18.3 Å². The second-order valence-electron chi connectivity index (χ2n) is 8.86. The van der Waals surface area contributed by atoms with Gasteiger partial charge in [-0.05, 0) is 62.0 Å². The van der Waals surface area contributed by atoms with Crippen molar-refractivity contribution in [3.05, 3.63) is 71.0 Å². The highest BCUT2D eigenvalue weighted by Crippen LogP contribution is 2.36. The Kier molecular flexibility index (Phi) is 8.21. The van der Waals surface area contributed by atoms with Gasteiger partial charge < -0.3 is 10.5 Å². The first-order chi connectivity index (χ1) is 16.5. The molecule has 1 unspecified atom stereocenters. The summed E-state index contributed by atoms with van der Waals surface area (Å²) < 4.78 is 34.4. The Bertz CT molecular complexity index is 1040. The van der Waals surface area contributed by atoms with E-state index in [2.05, 4.69) is 18.1 Å². The molecule has 1 aromatic carbocycles. The minimum absolute atomic E-state index is 0.00103. The second kappa shape index (κ2) is 11.3. The number of ether oxygens (including phenoxy) is 1. The maximum Gasteiger partial charge on any atom is 0.246 e. The Morgan fingerprint density at radius 1 is 1.29 bits per heavy atom. The number of benzene rings is 1. The van der Waals surface area contributed by atoms with Crippen molar-refractivity contribution in [1.29, 1.82) is 0 Å². The average Bonchev–Trinajstić information content (AvgIpc) is 3.11. The number of nitrogens with two attached hydrogens (primary N) is 1. The van der Waals surface area contributed by atoms with E-state index in [4.69, 9.17) is 10.5 Å². The predicted octanol–water partition coefficient (Wildman–Crippen LogP) is 5.63. The van der Waals surface area contributed by atoms with Gasteiger partial charge in [-0.25, -0.2) is 13.8 Å². The summed E-state index contributed by atoms with van der Waals surface area (Å²) in [5, 5.41) is 5.88. The summed E-state index contributed by atoms with van der Waals surface area (Å²) in [5.74, 6) is -0.574. The van der Waals surface area contributed by atoms with E-state index in [-0.39, 0.29) is 28.8 Å². The molecule has 0 radical (unpaired) electrons. The van der Waals surface area contributed by atoms with Crippen LogP contribution in [0, 0.1) is 17.6 Å². The maximum atomic E-state index is 14.5. The number of carbonyl (C=O) groups excluding carboxylic acids is 1. The third-order valence-electron chi connectivity index (χ3n) is 6.42. The fourth-order valence-electron chi connectivity index (χ4n) is 4.54. The number of nitrogens with zero attached hydrogens (tertiary/aromatic N) is 2. The molecule has 1 aromatic rings. The van der Waals surface area contributed by atoms with Crippen LogP contribution in [0.1, 0.15) is 57.4 Å². The maximum absolute atomic E-state index is 14.5. The molecule has 0 saturated heterocycles. The van der Waals surface area contributed by atoms with Gasteiger partial charge in [0.05, 0.1) is 6.61 Å². The molecule has 3 aliphatic rings. The first kappa shape index (κ1) is 24.7. The summed E-state index contributed by atoms with van der Waals surface area (Å²) >= 11 is 1.28. The van der Waals surface area contributed by atoms with Gasteiger partial charge >= 0.3 is 0 Å². The number of hydrogen-bond acceptors (Lipinski definition) is 5. The molecule has 0 bridgehead atoms. The van der Waals surface area contributed by atoms with Crippen LogP contribution in [-0.2, 0) is 9.53 Å². The summed E-state index contributed by atoms with van der Waals surface area (Å²) in [6.45, 7) is 2.48. The van der Waals surface area contributed by atoms with Crippen LogP contribution in [0.15, 0.2) is 58.9 Å². The molecule has 0 spiro atoms. The lowest BCUT2D eigenvalue weighted by atomic mass is 9.85. The van der Waals surface area contributed by atoms with Gasteiger partial charge in [0, 0.05) is 23.9 Å². The molecule has 3 atom stereocenters. The van der Waals surface area contributed by atoms with Crippen LogP contribution < -0.4 is 5.73 Å². The Labute approximate surface area is 203 Å². The van der Waals surface area contributed by atoms with E-state index < -0.39 is 11.6 Å². The van der Waals surface area contributed by atoms with Crippen LogP contribution in [0.3, 0.4) is 0 Å². The van der Waals surface area contributed by atoms with E-state index in [1.54, 1.807) is 0 Å². The van der Waals surface area contributed by atoms with Crippen LogP contribution in [0.5, 0.6) is 0 Å². The number of rotatable bonds is 7. The Balaban J connectivity index is 1.51. The first-order valence-electron chi connectivity index (χ1n) is 11.9. The molecule has 5 nitrogen and oxygen atoms in total. The normalized spacial score (nSPS) is 24.9. The van der Waals surface area contributed by atoms with E-state index in [0.29, 0.717) is 24.5 Å². The van der Waals surface area contributed by atoms with E-state index in [0.717, 1.165) is 56.1 Å². The molecule has 8 heteroatoms. The number of hydrazone groups is 1. The van der Waals surface area contributed by atoms with Crippen molar-refractivity contribution >= 4 is 22.7 Å². The quantitative estimate of drug-likeness (QED) is 0.541. The molecule has 1 heterocycles. The second-order valence-corrected chi connectivity index (χ2v) is 10.0. The average molecular weight is 488 g/mol. The molecule has 182 valence electrons. The predicted molar refractivity (Wildman–Crippen MR) is 132 cm³/mol. The molecule has 2 N–H and O–H groups in total. The van der Waals surface area contributed by atoms with Crippen LogP contribution in [0.2, 0.25) is 0 Å². The van der Waals surface area contributed by atoms with Gasteiger partial charge in [-0.15, -0.1) is 0 Å². The zero-order valence-electron chi connectivity index (χ0n) is 19.4. The van der Waals surface area contributed by atoms with Crippen molar-refractivity contribution in [2.45, 2.75) is 63.3 Å². The van der Waals surface area contributed by atoms with Crippen molar-refractivity contribution in [2.24, 2.45) is 16.8 Å². The van der Waals surface area contributed by atoms with Crippen LogP contribution in [0.25, 0.3) is 0 Å². The first-order valence-corrected chi connectivity index (χ1v) is 12.8. The molecule has 4 rings (SSSR count). The van der Waals surface area contributed by atoms with Gasteiger partial charge in [-0.3, -0.25) is 4.79 Å². The van der Waals surface area contributed by atoms with Gasteiger partial charge in [0.2, 0.25) is 5.91 Å². The number of hydrogen-bond donors (Lipinski definition) is 1. The third-order valence-corrected chi connectivity index (χ3v) is 7.66. The SMILES string of the molecule is CCC1=C(OCCC2SC(c3cc(F)ccc3F)=NN2C(=O)[C@@H]2CCC[C@H](N)C2)C=CC=CC1. The minimum atomic E-state index is -0.564. The lowest BCUT2D eigenvalue weighted by Crippen LogP contribution is -2.40.